The van der Waals surface area contributed by atoms with E-state index >= 15 is 0 Å². The average Bonchev–Trinajstić information content (AvgIpc) is 3.07. The van der Waals surface area contributed by atoms with E-state index in [2.05, 4.69) is 103 Å². The molecule has 138 valence electrons. The Bertz CT molecular complexity index is 1130. The average molecular weight is 365 g/mol. The number of para-hydroxylation sites is 1. The number of aromatic nitrogens is 1. The minimum absolute atomic E-state index is 0.112. The maximum Gasteiger partial charge on any atom is 0.164 e. The number of nitrogens with zero attached hydrogens (tertiary/aromatic N) is 1. The Balaban J connectivity index is 1.85. The van der Waals surface area contributed by atoms with Crippen LogP contribution in [0.3, 0.4) is 0 Å². The van der Waals surface area contributed by atoms with Crippen molar-refractivity contribution in [1.29, 1.82) is 0 Å². The number of fused-ring (bicyclic) bond motifs is 3. The van der Waals surface area contributed by atoms with Crippen LogP contribution in [0.25, 0.3) is 22.4 Å². The van der Waals surface area contributed by atoms with Crippen molar-refractivity contribution in [1.82, 2.24) is 4.57 Å². The van der Waals surface area contributed by atoms with E-state index in [1.807, 2.05) is 0 Å². The van der Waals surface area contributed by atoms with Gasteiger partial charge in [-0.15, -0.1) is 0 Å². The fraction of sp³-hybridized carbons (Fsp3) is 0.154. The maximum atomic E-state index is 6.55. The van der Waals surface area contributed by atoms with Crippen molar-refractivity contribution in [3.63, 3.8) is 0 Å². The highest BCUT2D eigenvalue weighted by molar-refractivity contribution is 5.85. The van der Waals surface area contributed by atoms with Gasteiger partial charge >= 0.3 is 0 Å². The lowest BCUT2D eigenvalue weighted by atomic mass is 9.91. The van der Waals surface area contributed by atoms with Crippen LogP contribution < -0.4 is 4.74 Å². The van der Waals surface area contributed by atoms with Gasteiger partial charge < -0.3 is 9.30 Å². The van der Waals surface area contributed by atoms with Crippen LogP contribution in [0.5, 0.6) is 5.75 Å². The predicted octanol–water partition coefficient (Wildman–Crippen LogP) is 6.40. The molecule has 0 saturated heterocycles. The molecule has 0 aliphatic carbocycles. The van der Waals surface area contributed by atoms with E-state index < -0.39 is 0 Å². The summed E-state index contributed by atoms with van der Waals surface area (Å²) in [7, 11) is 2.17. The van der Waals surface area contributed by atoms with Crippen LogP contribution in [0.2, 0.25) is 0 Å². The van der Waals surface area contributed by atoms with Crippen molar-refractivity contribution in [3.05, 3.63) is 102 Å². The molecule has 2 heteroatoms. The molecule has 0 saturated carbocycles. The van der Waals surface area contributed by atoms with Crippen molar-refractivity contribution in [2.45, 2.75) is 19.4 Å². The molecule has 1 atom stereocenters. The van der Waals surface area contributed by atoms with Crippen LogP contribution in [-0.2, 0) is 13.5 Å². The third-order valence-electron chi connectivity index (χ3n) is 5.69. The molecule has 0 fully saturated rings. The number of hydrogen-bond acceptors (Lipinski definition) is 1. The minimum Gasteiger partial charge on any atom is -0.479 e. The van der Waals surface area contributed by atoms with Crippen molar-refractivity contribution >= 4 is 0 Å². The lowest BCUT2D eigenvalue weighted by Gasteiger charge is -2.28. The monoisotopic (exact) mass is 365 g/mol. The molecule has 0 spiro atoms. The molecule has 1 unspecified atom stereocenters. The molecule has 1 aromatic heterocycles. The van der Waals surface area contributed by atoms with Gasteiger partial charge in [-0.05, 0) is 29.2 Å². The molecule has 4 aromatic rings. The highest BCUT2D eigenvalue weighted by Gasteiger charge is 2.34. The summed E-state index contributed by atoms with van der Waals surface area (Å²) in [6.07, 6.45) is 0.863. The summed E-state index contributed by atoms with van der Waals surface area (Å²) in [6.45, 7) is 2.25. The van der Waals surface area contributed by atoms with E-state index in [0.29, 0.717) is 0 Å². The van der Waals surface area contributed by atoms with Crippen LogP contribution in [0.4, 0.5) is 0 Å². The first kappa shape index (κ1) is 16.9. The molecule has 1 aliphatic rings. The number of rotatable bonds is 3. The highest BCUT2D eigenvalue weighted by atomic mass is 16.5. The Morgan fingerprint density at radius 3 is 2.18 bits per heavy atom. The van der Waals surface area contributed by atoms with Gasteiger partial charge in [-0.25, -0.2) is 0 Å². The van der Waals surface area contributed by atoms with Gasteiger partial charge in [-0.3, -0.25) is 0 Å². The first-order chi connectivity index (χ1) is 13.8. The largest absolute Gasteiger partial charge is 0.479 e. The second-order valence-corrected chi connectivity index (χ2v) is 7.27. The van der Waals surface area contributed by atoms with Crippen LogP contribution in [-0.4, -0.2) is 4.57 Å². The SMILES string of the molecule is CCc1c2c(n(C)c1-c1ccccc1)C(c1ccccc1)Oc1ccccc1-2. The molecule has 3 aromatic carbocycles. The summed E-state index contributed by atoms with van der Waals surface area (Å²) in [4.78, 5) is 0. The highest BCUT2D eigenvalue weighted by Crippen LogP contribution is 2.49. The molecule has 5 rings (SSSR count). The molecule has 1 aliphatic heterocycles. The fourth-order valence-corrected chi connectivity index (χ4v) is 4.49. The number of benzene rings is 3. The second kappa shape index (κ2) is 6.72. The quantitative estimate of drug-likeness (QED) is 0.409. The van der Waals surface area contributed by atoms with Crippen molar-refractivity contribution < 1.29 is 4.74 Å². The summed E-state index contributed by atoms with van der Waals surface area (Å²) in [5, 5.41) is 0. The number of ether oxygens (including phenoxy) is 1. The smallest absolute Gasteiger partial charge is 0.164 e. The van der Waals surface area contributed by atoms with Crippen LogP contribution in [0.15, 0.2) is 84.9 Å². The van der Waals surface area contributed by atoms with Crippen LogP contribution in [0.1, 0.15) is 29.8 Å². The predicted molar refractivity (Wildman–Crippen MR) is 115 cm³/mol. The normalized spacial score (nSPS) is 14.9. The van der Waals surface area contributed by atoms with Crippen LogP contribution in [0, 0.1) is 0 Å². The summed E-state index contributed by atoms with van der Waals surface area (Å²) >= 11 is 0. The van der Waals surface area contributed by atoms with Gasteiger partial charge in [0.2, 0.25) is 0 Å². The van der Waals surface area contributed by atoms with E-state index in [-0.39, 0.29) is 6.10 Å². The van der Waals surface area contributed by atoms with E-state index in [0.717, 1.165) is 12.2 Å². The third-order valence-corrected chi connectivity index (χ3v) is 5.69. The lowest BCUT2D eigenvalue weighted by molar-refractivity contribution is 0.235. The van der Waals surface area contributed by atoms with E-state index in [9.17, 15) is 0 Å². The molecule has 2 nitrogen and oxygen atoms in total. The number of hydrogen-bond donors (Lipinski definition) is 0. The standard InChI is InChI=1S/C26H23NO/c1-3-20-23-21-16-10-11-17-22(21)28-26(19-14-8-5-9-15-19)25(23)27(2)24(20)18-12-6-4-7-13-18/h4-17,26H,3H2,1-2H3. The van der Waals surface area contributed by atoms with Gasteiger partial charge in [-0.1, -0.05) is 85.8 Å². The van der Waals surface area contributed by atoms with Crippen molar-refractivity contribution in [3.8, 4) is 28.1 Å². The molecule has 2 heterocycles. The van der Waals surface area contributed by atoms with Gasteiger partial charge in [0, 0.05) is 18.2 Å². The second-order valence-electron chi connectivity index (χ2n) is 7.27. The molecule has 28 heavy (non-hydrogen) atoms. The van der Waals surface area contributed by atoms with Gasteiger partial charge in [0.05, 0.1) is 11.4 Å². The van der Waals surface area contributed by atoms with E-state index in [4.69, 9.17) is 4.74 Å². The Hall–Kier alpha value is -3.26. The molecule has 0 bridgehead atoms. The first-order valence-electron chi connectivity index (χ1n) is 9.87. The first-order valence-corrected chi connectivity index (χ1v) is 9.87. The summed E-state index contributed by atoms with van der Waals surface area (Å²) in [6, 6.07) is 29.7. The molecule has 0 amide bonds. The Morgan fingerprint density at radius 1 is 0.821 bits per heavy atom. The Labute approximate surface area is 166 Å². The lowest BCUT2D eigenvalue weighted by Crippen LogP contribution is -2.18. The van der Waals surface area contributed by atoms with Gasteiger partial charge in [-0.2, -0.15) is 0 Å². The Morgan fingerprint density at radius 2 is 1.46 bits per heavy atom. The zero-order chi connectivity index (χ0) is 19.1. The van der Waals surface area contributed by atoms with Gasteiger partial charge in [0.1, 0.15) is 5.75 Å². The molecular weight excluding hydrogens is 342 g/mol. The summed E-state index contributed by atoms with van der Waals surface area (Å²) < 4.78 is 8.90. The molecule has 0 N–H and O–H groups in total. The van der Waals surface area contributed by atoms with E-state index in [1.54, 1.807) is 0 Å². The van der Waals surface area contributed by atoms with Crippen molar-refractivity contribution in [2.24, 2.45) is 7.05 Å². The third kappa shape index (κ3) is 2.49. The van der Waals surface area contributed by atoms with Gasteiger partial charge in [0.25, 0.3) is 0 Å². The summed E-state index contributed by atoms with van der Waals surface area (Å²) in [5.41, 5.74) is 8.87. The maximum absolute atomic E-state index is 6.55. The van der Waals surface area contributed by atoms with Gasteiger partial charge in [0.15, 0.2) is 6.10 Å². The van der Waals surface area contributed by atoms with E-state index in [1.165, 1.54) is 39.2 Å². The van der Waals surface area contributed by atoms with Crippen molar-refractivity contribution in [2.75, 3.05) is 0 Å². The minimum atomic E-state index is -0.112. The topological polar surface area (TPSA) is 14.2 Å². The molecular formula is C26H23NO. The fourth-order valence-electron chi connectivity index (χ4n) is 4.49. The Kier molecular flexibility index (Phi) is 4.05. The summed E-state index contributed by atoms with van der Waals surface area (Å²) in [5.74, 6) is 0.962. The molecule has 0 radical (unpaired) electrons. The zero-order valence-corrected chi connectivity index (χ0v) is 16.2. The van der Waals surface area contributed by atoms with Crippen LogP contribution >= 0.6 is 0 Å². The zero-order valence-electron chi connectivity index (χ0n) is 16.2.